The van der Waals surface area contributed by atoms with Crippen molar-refractivity contribution in [2.24, 2.45) is 7.05 Å². The summed E-state index contributed by atoms with van der Waals surface area (Å²) in [6.45, 7) is 2.03. The number of hydrogen-bond acceptors (Lipinski definition) is 3. The fraction of sp³-hybridized carbons (Fsp3) is 0.357. The van der Waals surface area contributed by atoms with Gasteiger partial charge in [-0.2, -0.15) is 5.10 Å². The smallest absolute Gasteiger partial charge is 0.124 e. The van der Waals surface area contributed by atoms with Crippen molar-refractivity contribution in [1.29, 1.82) is 0 Å². The fourth-order valence-electron chi connectivity index (χ4n) is 2.56. The first-order valence-electron chi connectivity index (χ1n) is 6.49. The molecule has 0 atom stereocenters. The van der Waals surface area contributed by atoms with Gasteiger partial charge in [0.2, 0.25) is 0 Å². The van der Waals surface area contributed by atoms with Gasteiger partial charge in [-0.25, -0.2) is 4.39 Å². The zero-order chi connectivity index (χ0) is 13.4. The van der Waals surface area contributed by atoms with Crippen LogP contribution in [-0.4, -0.2) is 22.9 Å². The van der Waals surface area contributed by atoms with Gasteiger partial charge in [-0.15, -0.1) is 0 Å². The molecule has 2 N–H and O–H groups in total. The van der Waals surface area contributed by atoms with Crippen molar-refractivity contribution in [3.05, 3.63) is 30.1 Å². The lowest BCUT2D eigenvalue weighted by atomic mass is 10.1. The molecule has 5 heteroatoms. The zero-order valence-corrected chi connectivity index (χ0v) is 10.9. The predicted molar refractivity (Wildman–Crippen MR) is 74.5 cm³/mol. The Morgan fingerprint density at radius 2 is 1.95 bits per heavy atom. The Morgan fingerprint density at radius 3 is 2.58 bits per heavy atom. The number of nitrogens with two attached hydrogens (primary N) is 1. The molecule has 19 heavy (non-hydrogen) atoms. The van der Waals surface area contributed by atoms with Gasteiger partial charge in [-0.3, -0.25) is 4.68 Å². The van der Waals surface area contributed by atoms with E-state index < -0.39 is 0 Å². The molecule has 100 valence electrons. The van der Waals surface area contributed by atoms with Gasteiger partial charge >= 0.3 is 0 Å². The van der Waals surface area contributed by atoms with Gasteiger partial charge in [0, 0.05) is 37.5 Å². The lowest BCUT2D eigenvalue weighted by Gasteiger charge is -2.20. The maximum atomic E-state index is 13.5. The molecule has 0 spiro atoms. The van der Waals surface area contributed by atoms with Crippen LogP contribution >= 0.6 is 0 Å². The van der Waals surface area contributed by atoms with Crippen LogP contribution in [0.1, 0.15) is 12.8 Å². The second-order valence-corrected chi connectivity index (χ2v) is 4.93. The molecule has 4 nitrogen and oxygen atoms in total. The van der Waals surface area contributed by atoms with E-state index in [0.29, 0.717) is 5.82 Å². The molecule has 1 aromatic heterocycles. The standard InChI is InChI=1S/C14H17FN4/c1-18-14(16)9-12(17-18)11-8-10(15)4-5-13(11)19-6-2-3-7-19/h4-5,8-9H,2-3,6-7,16H2,1H3. The summed E-state index contributed by atoms with van der Waals surface area (Å²) >= 11 is 0. The average molecular weight is 260 g/mol. The molecule has 2 aromatic rings. The molecule has 1 aliphatic heterocycles. The molecule has 1 fully saturated rings. The Labute approximate surface area is 111 Å². The van der Waals surface area contributed by atoms with Crippen LogP contribution < -0.4 is 10.6 Å². The van der Waals surface area contributed by atoms with Crippen molar-refractivity contribution in [3.63, 3.8) is 0 Å². The normalized spacial score (nSPS) is 15.2. The minimum Gasteiger partial charge on any atom is -0.384 e. The summed E-state index contributed by atoms with van der Waals surface area (Å²) in [5, 5.41) is 4.35. The van der Waals surface area contributed by atoms with E-state index in [1.165, 1.54) is 25.0 Å². The van der Waals surface area contributed by atoms with Crippen LogP contribution in [0.5, 0.6) is 0 Å². The van der Waals surface area contributed by atoms with Crippen LogP contribution in [0.3, 0.4) is 0 Å². The summed E-state index contributed by atoms with van der Waals surface area (Å²) in [7, 11) is 1.79. The van der Waals surface area contributed by atoms with E-state index in [1.54, 1.807) is 17.8 Å². The lowest BCUT2D eigenvalue weighted by molar-refractivity contribution is 0.628. The molecule has 0 unspecified atom stereocenters. The van der Waals surface area contributed by atoms with Crippen LogP contribution in [-0.2, 0) is 7.05 Å². The quantitative estimate of drug-likeness (QED) is 0.902. The molecular weight excluding hydrogens is 243 g/mol. The maximum Gasteiger partial charge on any atom is 0.124 e. The second kappa shape index (κ2) is 4.57. The van der Waals surface area contributed by atoms with Crippen LogP contribution in [0, 0.1) is 5.82 Å². The van der Waals surface area contributed by atoms with E-state index in [1.807, 2.05) is 6.07 Å². The molecule has 0 amide bonds. The highest BCUT2D eigenvalue weighted by atomic mass is 19.1. The third kappa shape index (κ3) is 2.16. The first kappa shape index (κ1) is 12.0. The number of nitrogens with zero attached hydrogens (tertiary/aromatic N) is 3. The lowest BCUT2D eigenvalue weighted by Crippen LogP contribution is -2.18. The number of halogens is 1. The van der Waals surface area contributed by atoms with Crippen LogP contribution in [0.15, 0.2) is 24.3 Å². The van der Waals surface area contributed by atoms with Crippen LogP contribution in [0.25, 0.3) is 11.3 Å². The summed E-state index contributed by atoms with van der Waals surface area (Å²) in [5.41, 5.74) is 8.39. The SMILES string of the molecule is Cn1nc(-c2cc(F)ccc2N2CCCC2)cc1N. The van der Waals surface area contributed by atoms with Crippen molar-refractivity contribution >= 4 is 11.5 Å². The van der Waals surface area contributed by atoms with Gasteiger partial charge < -0.3 is 10.6 Å². The fourth-order valence-corrected chi connectivity index (χ4v) is 2.56. The Hall–Kier alpha value is -2.04. The molecule has 0 radical (unpaired) electrons. The largest absolute Gasteiger partial charge is 0.384 e. The minimum absolute atomic E-state index is 0.248. The van der Waals surface area contributed by atoms with E-state index in [0.717, 1.165) is 30.0 Å². The van der Waals surface area contributed by atoms with Crippen molar-refractivity contribution in [1.82, 2.24) is 9.78 Å². The van der Waals surface area contributed by atoms with E-state index in [2.05, 4.69) is 10.00 Å². The van der Waals surface area contributed by atoms with Gasteiger partial charge in [0.1, 0.15) is 11.6 Å². The first-order chi connectivity index (χ1) is 9.15. The molecule has 1 aromatic carbocycles. The van der Waals surface area contributed by atoms with Gasteiger partial charge in [-0.1, -0.05) is 0 Å². The summed E-state index contributed by atoms with van der Waals surface area (Å²) in [4.78, 5) is 2.28. The number of nitrogen functional groups attached to an aromatic ring is 1. The Bertz CT molecular complexity index is 580. The number of rotatable bonds is 2. The van der Waals surface area contributed by atoms with E-state index in [-0.39, 0.29) is 5.82 Å². The highest BCUT2D eigenvalue weighted by Gasteiger charge is 2.18. The topological polar surface area (TPSA) is 47.1 Å². The summed E-state index contributed by atoms with van der Waals surface area (Å²) in [6.07, 6.45) is 2.36. The number of aromatic nitrogens is 2. The summed E-state index contributed by atoms with van der Waals surface area (Å²) in [6, 6.07) is 6.66. The van der Waals surface area contributed by atoms with Crippen LogP contribution in [0.4, 0.5) is 15.9 Å². The van der Waals surface area contributed by atoms with Gasteiger partial charge in [0.05, 0.1) is 5.69 Å². The Morgan fingerprint density at radius 1 is 1.21 bits per heavy atom. The summed E-state index contributed by atoms with van der Waals surface area (Å²) < 4.78 is 15.1. The summed E-state index contributed by atoms with van der Waals surface area (Å²) in [5.74, 6) is 0.328. The average Bonchev–Trinajstić information content (AvgIpc) is 3.00. The highest BCUT2D eigenvalue weighted by molar-refractivity contribution is 5.77. The third-order valence-corrected chi connectivity index (χ3v) is 3.60. The van der Waals surface area contributed by atoms with Crippen molar-refractivity contribution < 1.29 is 4.39 Å². The molecular formula is C14H17FN4. The third-order valence-electron chi connectivity index (χ3n) is 3.60. The van der Waals surface area contributed by atoms with E-state index in [4.69, 9.17) is 5.73 Å². The highest BCUT2D eigenvalue weighted by Crippen LogP contribution is 2.33. The Kier molecular flexibility index (Phi) is 2.89. The molecule has 0 bridgehead atoms. The van der Waals surface area contributed by atoms with Gasteiger partial charge in [-0.05, 0) is 31.0 Å². The predicted octanol–water partition coefficient (Wildman–Crippen LogP) is 2.41. The van der Waals surface area contributed by atoms with Gasteiger partial charge in [0.15, 0.2) is 0 Å². The minimum atomic E-state index is -0.248. The number of anilines is 2. The van der Waals surface area contributed by atoms with Crippen molar-refractivity contribution in [2.45, 2.75) is 12.8 Å². The van der Waals surface area contributed by atoms with Gasteiger partial charge in [0.25, 0.3) is 0 Å². The van der Waals surface area contributed by atoms with E-state index in [9.17, 15) is 4.39 Å². The molecule has 1 saturated heterocycles. The zero-order valence-electron chi connectivity index (χ0n) is 10.9. The van der Waals surface area contributed by atoms with Crippen LogP contribution in [0.2, 0.25) is 0 Å². The second-order valence-electron chi connectivity index (χ2n) is 4.93. The first-order valence-corrected chi connectivity index (χ1v) is 6.49. The van der Waals surface area contributed by atoms with Crippen molar-refractivity contribution in [3.8, 4) is 11.3 Å². The Balaban J connectivity index is 2.10. The van der Waals surface area contributed by atoms with Crippen molar-refractivity contribution in [2.75, 3.05) is 23.7 Å². The van der Waals surface area contributed by atoms with E-state index >= 15 is 0 Å². The molecule has 1 aliphatic rings. The number of hydrogen-bond donors (Lipinski definition) is 1. The molecule has 0 aliphatic carbocycles. The molecule has 2 heterocycles. The molecule has 0 saturated carbocycles. The monoisotopic (exact) mass is 260 g/mol. The molecule has 3 rings (SSSR count). The number of aryl methyl sites for hydroxylation is 1. The maximum absolute atomic E-state index is 13.5. The number of benzene rings is 1.